The van der Waals surface area contributed by atoms with Crippen LogP contribution in [0.2, 0.25) is 0 Å². The van der Waals surface area contributed by atoms with Crippen LogP contribution in [0.4, 0.5) is 5.82 Å². The van der Waals surface area contributed by atoms with E-state index >= 15 is 0 Å². The van der Waals surface area contributed by atoms with Crippen molar-refractivity contribution in [3.05, 3.63) is 34.4 Å². The third-order valence-electron chi connectivity index (χ3n) is 4.02. The van der Waals surface area contributed by atoms with E-state index in [4.69, 9.17) is 0 Å². The maximum Gasteiger partial charge on any atom is 0.240 e. The van der Waals surface area contributed by atoms with Crippen LogP contribution in [0.5, 0.6) is 0 Å². The predicted octanol–water partition coefficient (Wildman–Crippen LogP) is 3.70. The molecule has 0 saturated carbocycles. The van der Waals surface area contributed by atoms with Gasteiger partial charge in [0, 0.05) is 17.1 Å². The third-order valence-corrected chi connectivity index (χ3v) is 6.16. The summed E-state index contributed by atoms with van der Waals surface area (Å²) in [5, 5.41) is 7.09. The van der Waals surface area contributed by atoms with Gasteiger partial charge in [0.1, 0.15) is 11.6 Å². The minimum absolute atomic E-state index is 0.0399. The van der Waals surface area contributed by atoms with Crippen LogP contribution in [0.15, 0.2) is 28.7 Å². The van der Waals surface area contributed by atoms with Crippen LogP contribution in [-0.4, -0.2) is 35.6 Å². The lowest BCUT2D eigenvalue weighted by Gasteiger charge is -2.10. The van der Waals surface area contributed by atoms with Gasteiger partial charge in [-0.1, -0.05) is 47.8 Å². The van der Waals surface area contributed by atoms with Crippen LogP contribution in [0, 0.1) is 6.92 Å². The number of unbranched alkanes of at least 4 members (excludes halogenated alkanes) is 2. The smallest absolute Gasteiger partial charge is 0.240 e. The van der Waals surface area contributed by atoms with Crippen molar-refractivity contribution in [3.63, 3.8) is 0 Å². The van der Waals surface area contributed by atoms with E-state index in [-0.39, 0.29) is 5.75 Å². The van der Waals surface area contributed by atoms with E-state index in [0.717, 1.165) is 34.1 Å². The number of aromatic nitrogens is 2. The molecule has 8 heteroatoms. The predicted molar refractivity (Wildman–Crippen MR) is 108 cm³/mol. The summed E-state index contributed by atoms with van der Waals surface area (Å²) in [5.74, 6) is -0.514. The van der Waals surface area contributed by atoms with Crippen LogP contribution >= 0.6 is 15.9 Å². The highest BCUT2D eigenvalue weighted by Crippen LogP contribution is 2.31. The Kier molecular flexibility index (Phi) is 7.00. The van der Waals surface area contributed by atoms with Gasteiger partial charge in [-0.25, -0.2) is 8.42 Å². The van der Waals surface area contributed by atoms with Gasteiger partial charge in [-0.2, -0.15) is 5.10 Å². The van der Waals surface area contributed by atoms with E-state index in [1.807, 2.05) is 38.1 Å². The van der Waals surface area contributed by atoms with Crippen LogP contribution in [0.25, 0.3) is 11.1 Å². The Morgan fingerprint density at radius 3 is 2.50 bits per heavy atom. The highest BCUT2D eigenvalue weighted by molar-refractivity contribution is 9.10. The minimum atomic E-state index is -3.41. The standard InChI is InChI=1S/C18H24BrN3O3S/c1-4-5-6-11-26(24,25)12-16(23)20-18-17(13(2)21-22(18)3)14-7-9-15(19)10-8-14/h7-10H,4-6,11-12H2,1-3H3,(H,20,23). The van der Waals surface area contributed by atoms with Crippen LogP contribution in [0.3, 0.4) is 0 Å². The average Bonchev–Trinajstić information content (AvgIpc) is 2.81. The van der Waals surface area contributed by atoms with E-state index in [2.05, 4.69) is 26.3 Å². The molecule has 26 heavy (non-hydrogen) atoms. The minimum Gasteiger partial charge on any atom is -0.310 e. The molecule has 2 aromatic rings. The van der Waals surface area contributed by atoms with E-state index in [1.54, 1.807) is 11.7 Å². The number of carbonyl (C=O) groups is 1. The fourth-order valence-corrected chi connectivity index (χ4v) is 4.30. The Balaban J connectivity index is 2.19. The van der Waals surface area contributed by atoms with Gasteiger partial charge in [-0.15, -0.1) is 0 Å². The fourth-order valence-electron chi connectivity index (χ4n) is 2.78. The lowest BCUT2D eigenvalue weighted by Crippen LogP contribution is -2.26. The normalized spacial score (nSPS) is 11.5. The van der Waals surface area contributed by atoms with Gasteiger partial charge < -0.3 is 5.32 Å². The maximum absolute atomic E-state index is 12.3. The number of halogens is 1. The molecule has 0 atom stereocenters. The summed E-state index contributed by atoms with van der Waals surface area (Å²) in [6, 6.07) is 7.66. The highest BCUT2D eigenvalue weighted by atomic mass is 79.9. The van der Waals surface area contributed by atoms with E-state index in [9.17, 15) is 13.2 Å². The number of amides is 1. The Labute approximate surface area is 163 Å². The first-order chi connectivity index (χ1) is 12.2. The van der Waals surface area contributed by atoms with Crippen molar-refractivity contribution in [3.8, 4) is 11.1 Å². The Bertz CT molecular complexity index is 874. The number of rotatable bonds is 8. The number of aryl methyl sites for hydroxylation is 2. The molecule has 1 N–H and O–H groups in total. The molecule has 0 fully saturated rings. The van der Waals surface area contributed by atoms with Crippen molar-refractivity contribution in [1.29, 1.82) is 0 Å². The molecule has 1 aromatic heterocycles. The average molecular weight is 442 g/mol. The van der Waals surface area contributed by atoms with Crippen molar-refractivity contribution in [1.82, 2.24) is 9.78 Å². The zero-order valence-electron chi connectivity index (χ0n) is 15.3. The number of anilines is 1. The third kappa shape index (κ3) is 5.41. The second kappa shape index (κ2) is 8.81. The molecule has 6 nitrogen and oxygen atoms in total. The molecule has 0 bridgehead atoms. The van der Waals surface area contributed by atoms with Crippen LogP contribution in [-0.2, 0) is 21.7 Å². The molecule has 1 heterocycles. The van der Waals surface area contributed by atoms with Crippen molar-refractivity contribution in [2.24, 2.45) is 7.05 Å². The first kappa shape index (κ1) is 20.6. The van der Waals surface area contributed by atoms with E-state index in [1.165, 1.54) is 0 Å². The number of hydrogen-bond donors (Lipinski definition) is 1. The monoisotopic (exact) mass is 441 g/mol. The molecule has 2 rings (SSSR count). The molecule has 0 unspecified atom stereocenters. The van der Waals surface area contributed by atoms with Gasteiger partial charge in [0.15, 0.2) is 9.84 Å². The zero-order valence-corrected chi connectivity index (χ0v) is 17.7. The molecule has 1 amide bonds. The summed E-state index contributed by atoms with van der Waals surface area (Å²) in [6.07, 6.45) is 2.36. The lowest BCUT2D eigenvalue weighted by atomic mass is 10.1. The van der Waals surface area contributed by atoms with Gasteiger partial charge in [0.2, 0.25) is 5.91 Å². The SMILES string of the molecule is CCCCCS(=O)(=O)CC(=O)Nc1c(-c2ccc(Br)cc2)c(C)nn1C. The van der Waals surface area contributed by atoms with E-state index < -0.39 is 21.5 Å². The van der Waals surface area contributed by atoms with Gasteiger partial charge >= 0.3 is 0 Å². The van der Waals surface area contributed by atoms with Crippen LogP contribution in [0.1, 0.15) is 31.9 Å². The van der Waals surface area contributed by atoms with Gasteiger partial charge in [0.05, 0.1) is 11.4 Å². The molecular formula is C18H24BrN3O3S. The highest BCUT2D eigenvalue weighted by Gasteiger charge is 2.21. The summed E-state index contributed by atoms with van der Waals surface area (Å²) >= 11 is 3.40. The number of hydrogen-bond acceptors (Lipinski definition) is 4. The number of benzene rings is 1. The summed E-state index contributed by atoms with van der Waals surface area (Å²) in [6.45, 7) is 3.86. The van der Waals surface area contributed by atoms with Crippen molar-refractivity contribution in [2.75, 3.05) is 16.8 Å². The van der Waals surface area contributed by atoms with Crippen molar-refractivity contribution >= 4 is 37.5 Å². The second-order valence-electron chi connectivity index (χ2n) is 6.29. The fraction of sp³-hybridized carbons (Fsp3) is 0.444. The zero-order chi connectivity index (χ0) is 19.3. The summed E-state index contributed by atoms with van der Waals surface area (Å²) in [7, 11) is -1.69. The molecule has 0 spiro atoms. The Hall–Kier alpha value is -1.67. The number of sulfone groups is 1. The largest absolute Gasteiger partial charge is 0.310 e. The molecule has 0 saturated heterocycles. The second-order valence-corrected chi connectivity index (χ2v) is 9.39. The Morgan fingerprint density at radius 2 is 1.88 bits per heavy atom. The lowest BCUT2D eigenvalue weighted by molar-refractivity contribution is -0.113. The van der Waals surface area contributed by atoms with E-state index in [0.29, 0.717) is 12.2 Å². The van der Waals surface area contributed by atoms with Crippen molar-refractivity contribution < 1.29 is 13.2 Å². The number of carbonyl (C=O) groups excluding carboxylic acids is 1. The first-order valence-electron chi connectivity index (χ1n) is 8.53. The maximum atomic E-state index is 12.3. The summed E-state index contributed by atoms with van der Waals surface area (Å²) < 4.78 is 26.7. The summed E-state index contributed by atoms with van der Waals surface area (Å²) in [4.78, 5) is 12.3. The topological polar surface area (TPSA) is 81.1 Å². The molecule has 142 valence electrons. The molecule has 0 aliphatic heterocycles. The van der Waals surface area contributed by atoms with Crippen molar-refractivity contribution in [2.45, 2.75) is 33.1 Å². The molecule has 1 aromatic carbocycles. The molecular weight excluding hydrogens is 418 g/mol. The quantitative estimate of drug-likeness (QED) is 0.633. The number of nitrogens with zero attached hydrogens (tertiary/aromatic N) is 2. The van der Waals surface area contributed by atoms with Gasteiger partial charge in [-0.05, 0) is 31.0 Å². The number of nitrogens with one attached hydrogen (secondary N) is 1. The molecule has 0 radical (unpaired) electrons. The molecule has 0 aliphatic rings. The molecule has 0 aliphatic carbocycles. The van der Waals surface area contributed by atoms with Gasteiger partial charge in [-0.3, -0.25) is 9.48 Å². The van der Waals surface area contributed by atoms with Gasteiger partial charge in [0.25, 0.3) is 0 Å². The first-order valence-corrected chi connectivity index (χ1v) is 11.1. The Morgan fingerprint density at radius 1 is 1.23 bits per heavy atom. The van der Waals surface area contributed by atoms with Crippen LogP contribution < -0.4 is 5.32 Å². The summed E-state index contributed by atoms with van der Waals surface area (Å²) in [5.41, 5.74) is 2.45.